The zero-order chi connectivity index (χ0) is 20.6. The van der Waals surface area contributed by atoms with Gasteiger partial charge in [0.05, 0.1) is 6.54 Å². The molecule has 0 aliphatic rings. The van der Waals surface area contributed by atoms with E-state index in [2.05, 4.69) is 20.5 Å². The summed E-state index contributed by atoms with van der Waals surface area (Å²) in [5, 5.41) is 0. The van der Waals surface area contributed by atoms with E-state index in [1.54, 1.807) is 19.2 Å². The zero-order valence-electron chi connectivity index (χ0n) is 16.4. The molecule has 2 aromatic carbocycles. The van der Waals surface area contributed by atoms with Crippen molar-refractivity contribution in [3.8, 4) is 0 Å². The first kappa shape index (κ1) is 21.3. The molecule has 29 heavy (non-hydrogen) atoms. The van der Waals surface area contributed by atoms with Gasteiger partial charge in [0.25, 0.3) is 5.91 Å². The maximum Gasteiger partial charge on any atom is 0.254 e. The molecule has 0 aliphatic carbocycles. The van der Waals surface area contributed by atoms with Gasteiger partial charge in [-0.15, -0.1) is 0 Å². The molecule has 0 saturated carbocycles. The smallest absolute Gasteiger partial charge is 0.254 e. The minimum absolute atomic E-state index is 0.0167. The minimum Gasteiger partial charge on any atom is -0.385 e. The minimum atomic E-state index is -0.245. The highest BCUT2D eigenvalue weighted by Gasteiger charge is 2.18. The summed E-state index contributed by atoms with van der Waals surface area (Å²) in [5.74, 6) is -0.262. The van der Waals surface area contributed by atoms with E-state index in [4.69, 9.17) is 4.74 Å². The van der Waals surface area contributed by atoms with Gasteiger partial charge in [0.1, 0.15) is 5.82 Å². The SMILES string of the molecule is COCCCN(Cc1cccn1Cc1ccc(F)cc1)C(=O)c1cccc(Br)c1. The van der Waals surface area contributed by atoms with Crippen LogP contribution in [0.25, 0.3) is 0 Å². The Kier molecular flexibility index (Phi) is 7.61. The third-order valence-corrected chi connectivity index (χ3v) is 5.17. The first-order valence-electron chi connectivity index (χ1n) is 9.49. The summed E-state index contributed by atoms with van der Waals surface area (Å²) in [6.45, 7) is 2.31. The summed E-state index contributed by atoms with van der Waals surface area (Å²) in [6, 6.07) is 17.9. The molecule has 0 aliphatic heterocycles. The third kappa shape index (κ3) is 6.02. The van der Waals surface area contributed by atoms with Crippen LogP contribution >= 0.6 is 15.9 Å². The van der Waals surface area contributed by atoms with Crippen molar-refractivity contribution in [3.63, 3.8) is 0 Å². The number of ether oxygens (including phenoxy) is 1. The van der Waals surface area contributed by atoms with E-state index >= 15 is 0 Å². The maximum absolute atomic E-state index is 13.2. The lowest BCUT2D eigenvalue weighted by molar-refractivity contribution is 0.0719. The fraction of sp³-hybridized carbons (Fsp3) is 0.261. The van der Waals surface area contributed by atoms with Gasteiger partial charge in [-0.3, -0.25) is 4.79 Å². The Morgan fingerprint density at radius 3 is 2.66 bits per heavy atom. The normalized spacial score (nSPS) is 10.9. The van der Waals surface area contributed by atoms with Crippen LogP contribution in [0.2, 0.25) is 0 Å². The lowest BCUT2D eigenvalue weighted by atomic mass is 10.2. The van der Waals surface area contributed by atoms with Crippen LogP contribution in [0.15, 0.2) is 71.3 Å². The molecule has 3 aromatic rings. The number of aromatic nitrogens is 1. The number of amides is 1. The Labute approximate surface area is 179 Å². The van der Waals surface area contributed by atoms with Crippen LogP contribution in [-0.4, -0.2) is 35.6 Å². The summed E-state index contributed by atoms with van der Waals surface area (Å²) < 4.78 is 21.3. The summed E-state index contributed by atoms with van der Waals surface area (Å²) in [5.41, 5.74) is 2.68. The molecule has 0 spiro atoms. The number of nitrogens with zero attached hydrogens (tertiary/aromatic N) is 2. The van der Waals surface area contributed by atoms with Crippen molar-refractivity contribution >= 4 is 21.8 Å². The van der Waals surface area contributed by atoms with Crippen LogP contribution in [0.1, 0.15) is 28.0 Å². The summed E-state index contributed by atoms with van der Waals surface area (Å²) in [7, 11) is 1.66. The molecular formula is C23H24BrFN2O2. The largest absolute Gasteiger partial charge is 0.385 e. The zero-order valence-corrected chi connectivity index (χ0v) is 17.9. The summed E-state index contributed by atoms with van der Waals surface area (Å²) >= 11 is 3.44. The first-order chi connectivity index (χ1) is 14.1. The van der Waals surface area contributed by atoms with E-state index in [1.807, 2.05) is 47.5 Å². The van der Waals surface area contributed by atoms with Gasteiger partial charge in [-0.05, 0) is 54.4 Å². The predicted molar refractivity (Wildman–Crippen MR) is 115 cm³/mol. The standard InChI is InChI=1S/C23H24BrFN2O2/c1-29-14-4-13-27(23(28)19-5-2-6-20(24)15-19)17-22-7-3-12-26(22)16-18-8-10-21(25)11-9-18/h2-3,5-12,15H,4,13-14,16-17H2,1H3. The molecular weight excluding hydrogens is 435 g/mol. The average molecular weight is 459 g/mol. The highest BCUT2D eigenvalue weighted by Crippen LogP contribution is 2.17. The van der Waals surface area contributed by atoms with Crippen molar-refractivity contribution in [3.05, 3.63) is 94.0 Å². The molecule has 0 bridgehead atoms. The fourth-order valence-electron chi connectivity index (χ4n) is 3.19. The molecule has 3 rings (SSSR count). The number of methoxy groups -OCH3 is 1. The molecule has 0 saturated heterocycles. The van der Waals surface area contributed by atoms with E-state index in [1.165, 1.54) is 12.1 Å². The molecule has 6 heteroatoms. The number of rotatable bonds is 9. The molecule has 152 valence electrons. The Hall–Kier alpha value is -2.44. The number of carbonyl (C=O) groups is 1. The average Bonchev–Trinajstić information content (AvgIpc) is 3.15. The lowest BCUT2D eigenvalue weighted by Gasteiger charge is -2.24. The van der Waals surface area contributed by atoms with E-state index in [0.29, 0.717) is 31.8 Å². The fourth-order valence-corrected chi connectivity index (χ4v) is 3.58. The molecule has 1 aromatic heterocycles. The van der Waals surface area contributed by atoms with Crippen molar-refractivity contribution in [2.24, 2.45) is 0 Å². The van der Waals surface area contributed by atoms with E-state index in [0.717, 1.165) is 22.2 Å². The van der Waals surface area contributed by atoms with Gasteiger partial charge in [-0.2, -0.15) is 0 Å². The van der Waals surface area contributed by atoms with Crippen molar-refractivity contribution in [2.75, 3.05) is 20.3 Å². The van der Waals surface area contributed by atoms with E-state index < -0.39 is 0 Å². The van der Waals surface area contributed by atoms with Crippen LogP contribution in [0, 0.1) is 5.82 Å². The number of hydrogen-bond acceptors (Lipinski definition) is 2. The van der Waals surface area contributed by atoms with Gasteiger partial charge in [0.15, 0.2) is 0 Å². The van der Waals surface area contributed by atoms with Crippen LogP contribution in [0.4, 0.5) is 4.39 Å². The third-order valence-electron chi connectivity index (χ3n) is 4.68. The van der Waals surface area contributed by atoms with Gasteiger partial charge >= 0.3 is 0 Å². The second kappa shape index (κ2) is 10.4. The summed E-state index contributed by atoms with van der Waals surface area (Å²) in [6.07, 6.45) is 2.74. The van der Waals surface area contributed by atoms with Crippen molar-refractivity contribution in [1.29, 1.82) is 0 Å². The van der Waals surface area contributed by atoms with Crippen molar-refractivity contribution in [2.45, 2.75) is 19.5 Å². The lowest BCUT2D eigenvalue weighted by Crippen LogP contribution is -2.33. The van der Waals surface area contributed by atoms with Crippen molar-refractivity contribution < 1.29 is 13.9 Å². The predicted octanol–water partition coefficient (Wildman–Crippen LogP) is 5.12. The highest BCUT2D eigenvalue weighted by molar-refractivity contribution is 9.10. The van der Waals surface area contributed by atoms with Gasteiger partial charge < -0.3 is 14.2 Å². The quantitative estimate of drug-likeness (QED) is 0.417. The highest BCUT2D eigenvalue weighted by atomic mass is 79.9. The van der Waals surface area contributed by atoms with Crippen LogP contribution in [0.3, 0.4) is 0 Å². The second-order valence-electron chi connectivity index (χ2n) is 6.84. The molecule has 0 fully saturated rings. The van der Waals surface area contributed by atoms with Gasteiger partial charge in [0, 0.05) is 48.7 Å². The van der Waals surface area contributed by atoms with E-state index in [-0.39, 0.29) is 11.7 Å². The van der Waals surface area contributed by atoms with Crippen molar-refractivity contribution in [1.82, 2.24) is 9.47 Å². The molecule has 0 N–H and O–H groups in total. The Morgan fingerprint density at radius 1 is 1.14 bits per heavy atom. The first-order valence-corrected chi connectivity index (χ1v) is 10.3. The number of benzene rings is 2. The molecule has 0 radical (unpaired) electrons. The van der Waals surface area contributed by atoms with Crippen LogP contribution in [0.5, 0.6) is 0 Å². The van der Waals surface area contributed by atoms with E-state index in [9.17, 15) is 9.18 Å². The molecule has 0 atom stereocenters. The molecule has 1 amide bonds. The second-order valence-corrected chi connectivity index (χ2v) is 7.75. The topological polar surface area (TPSA) is 34.5 Å². The molecule has 1 heterocycles. The van der Waals surface area contributed by atoms with Crippen LogP contribution in [-0.2, 0) is 17.8 Å². The molecule has 0 unspecified atom stereocenters. The van der Waals surface area contributed by atoms with Gasteiger partial charge in [-0.25, -0.2) is 4.39 Å². The number of halogens is 2. The number of hydrogen-bond donors (Lipinski definition) is 0. The summed E-state index contributed by atoms with van der Waals surface area (Å²) in [4.78, 5) is 15.0. The Morgan fingerprint density at radius 2 is 1.93 bits per heavy atom. The Bertz CT molecular complexity index is 940. The number of carbonyl (C=O) groups excluding carboxylic acids is 1. The monoisotopic (exact) mass is 458 g/mol. The van der Waals surface area contributed by atoms with Crippen LogP contribution < -0.4 is 0 Å². The van der Waals surface area contributed by atoms with Gasteiger partial charge in [0.2, 0.25) is 0 Å². The maximum atomic E-state index is 13.2. The van der Waals surface area contributed by atoms with Gasteiger partial charge in [-0.1, -0.05) is 34.1 Å². The Balaban J connectivity index is 1.78. The molecule has 4 nitrogen and oxygen atoms in total.